The van der Waals surface area contributed by atoms with E-state index in [0.717, 1.165) is 0 Å². The van der Waals surface area contributed by atoms with Gasteiger partial charge in [-0.2, -0.15) is 0 Å². The quantitative estimate of drug-likeness (QED) is 0.521. The predicted molar refractivity (Wildman–Crippen MR) is 82.8 cm³/mol. The van der Waals surface area contributed by atoms with Crippen LogP contribution in [0, 0.1) is 10.1 Å². The molecule has 0 saturated carbocycles. The molecule has 7 heteroatoms. The molecule has 120 valence electrons. The number of methoxy groups -OCH3 is 1. The number of carbonyl (C=O) groups excluding carboxylic acids is 2. The number of amides is 1. The first-order valence-electron chi connectivity index (χ1n) is 6.84. The summed E-state index contributed by atoms with van der Waals surface area (Å²) in [5.41, 5.74) is -0.224. The molecule has 0 spiro atoms. The Kier molecular flexibility index (Phi) is 4.42. The minimum Gasteiger partial charge on any atom is -0.351 e. The smallest absolute Gasteiger partial charge is 0.270 e. The first-order valence-corrected chi connectivity index (χ1v) is 6.84. The van der Waals surface area contributed by atoms with Gasteiger partial charge in [-0.25, -0.2) is 0 Å². The predicted octanol–water partition coefficient (Wildman–Crippen LogP) is 2.14. The van der Waals surface area contributed by atoms with Crippen LogP contribution >= 0.6 is 0 Å². The van der Waals surface area contributed by atoms with Gasteiger partial charge in [0.1, 0.15) is 0 Å². The summed E-state index contributed by atoms with van der Waals surface area (Å²) >= 11 is 0. The number of carbonyl (C=O) groups is 2. The Morgan fingerprint density at radius 1 is 1.26 bits per heavy atom. The molecule has 1 aromatic carbocycles. The lowest BCUT2D eigenvalue weighted by molar-refractivity contribution is -0.384. The van der Waals surface area contributed by atoms with E-state index in [-0.39, 0.29) is 17.0 Å². The van der Waals surface area contributed by atoms with Gasteiger partial charge in [0.15, 0.2) is 11.5 Å². The molecule has 0 bridgehead atoms. The first kappa shape index (κ1) is 16.6. The first-order chi connectivity index (χ1) is 10.8. The van der Waals surface area contributed by atoms with E-state index in [4.69, 9.17) is 4.74 Å². The number of ketones is 1. The largest absolute Gasteiger partial charge is 0.351 e. The van der Waals surface area contributed by atoms with Crippen LogP contribution in [-0.2, 0) is 9.53 Å². The second-order valence-corrected chi connectivity index (χ2v) is 5.20. The summed E-state index contributed by atoms with van der Waals surface area (Å²) in [5, 5.41) is 13.5. The van der Waals surface area contributed by atoms with Crippen LogP contribution in [0.5, 0.6) is 0 Å². The lowest BCUT2D eigenvalue weighted by Crippen LogP contribution is -2.53. The topological polar surface area (TPSA) is 98.5 Å². The maximum Gasteiger partial charge on any atom is 0.270 e. The summed E-state index contributed by atoms with van der Waals surface area (Å²) in [6.45, 7) is 3.34. The Hall–Kier alpha value is -2.80. The van der Waals surface area contributed by atoms with Crippen molar-refractivity contribution in [1.82, 2.24) is 5.32 Å². The molecule has 0 unspecified atom stereocenters. The number of nitrogens with one attached hydrogen (secondary N) is 1. The van der Waals surface area contributed by atoms with Crippen molar-refractivity contribution in [2.75, 3.05) is 7.11 Å². The molecule has 0 aliphatic heterocycles. The maximum atomic E-state index is 12.5. The second kappa shape index (κ2) is 6.13. The lowest BCUT2D eigenvalue weighted by atomic mass is 9.89. The monoisotopic (exact) mass is 316 g/mol. The molecule has 1 N–H and O–H groups in total. The van der Waals surface area contributed by atoms with Crippen LogP contribution in [0.1, 0.15) is 24.2 Å². The number of allylic oxidation sites excluding steroid dienone is 2. The van der Waals surface area contributed by atoms with Crippen LogP contribution < -0.4 is 5.32 Å². The number of rotatable bonds is 4. The van der Waals surface area contributed by atoms with Gasteiger partial charge in [0, 0.05) is 24.8 Å². The molecule has 1 aromatic rings. The number of nitro groups is 1. The van der Waals surface area contributed by atoms with Gasteiger partial charge in [0.25, 0.3) is 11.6 Å². The molecular formula is C16H16N2O5. The highest BCUT2D eigenvalue weighted by Gasteiger charge is 2.39. The zero-order valence-corrected chi connectivity index (χ0v) is 13.0. The summed E-state index contributed by atoms with van der Waals surface area (Å²) in [4.78, 5) is 34.3. The Morgan fingerprint density at radius 2 is 1.87 bits per heavy atom. The van der Waals surface area contributed by atoms with Crippen molar-refractivity contribution in [3.63, 3.8) is 0 Å². The Labute approximate surface area is 132 Å². The van der Waals surface area contributed by atoms with Crippen LogP contribution in [0.3, 0.4) is 0 Å². The minimum atomic E-state index is -1.24. The number of ether oxygens (including phenoxy) is 1. The van der Waals surface area contributed by atoms with Crippen molar-refractivity contribution in [3.05, 3.63) is 63.2 Å². The molecule has 1 aliphatic rings. The van der Waals surface area contributed by atoms with Gasteiger partial charge in [0.05, 0.1) is 4.92 Å². The van der Waals surface area contributed by atoms with Gasteiger partial charge < -0.3 is 10.1 Å². The van der Waals surface area contributed by atoms with Crippen LogP contribution in [0.25, 0.3) is 0 Å². The average Bonchev–Trinajstić information content (AvgIpc) is 2.50. The highest BCUT2D eigenvalue weighted by molar-refractivity contribution is 6.03. The average molecular weight is 316 g/mol. The zero-order chi connectivity index (χ0) is 17.2. The molecule has 0 radical (unpaired) electrons. The number of nitrogens with zero attached hydrogens (tertiary/aromatic N) is 1. The molecule has 1 amide bonds. The van der Waals surface area contributed by atoms with Crippen molar-refractivity contribution in [2.24, 2.45) is 0 Å². The SMILES string of the molecule is COC1(NC(=O)c2cccc([N+](=O)[O-])c2)C(C)=CC(=O)C=C1C. The van der Waals surface area contributed by atoms with E-state index >= 15 is 0 Å². The molecule has 0 heterocycles. The van der Waals surface area contributed by atoms with Crippen molar-refractivity contribution >= 4 is 17.4 Å². The van der Waals surface area contributed by atoms with E-state index in [1.54, 1.807) is 13.8 Å². The fraction of sp³-hybridized carbons (Fsp3) is 0.250. The van der Waals surface area contributed by atoms with Gasteiger partial charge >= 0.3 is 0 Å². The Bertz CT molecular complexity index is 727. The summed E-state index contributed by atoms with van der Waals surface area (Å²) < 4.78 is 5.47. The summed E-state index contributed by atoms with van der Waals surface area (Å²) in [7, 11) is 1.41. The fourth-order valence-corrected chi connectivity index (χ4v) is 2.55. The third-order valence-corrected chi connectivity index (χ3v) is 3.74. The van der Waals surface area contributed by atoms with E-state index in [1.807, 2.05) is 0 Å². The van der Waals surface area contributed by atoms with Crippen molar-refractivity contribution < 1.29 is 19.2 Å². The van der Waals surface area contributed by atoms with Crippen LogP contribution in [0.15, 0.2) is 47.6 Å². The van der Waals surface area contributed by atoms with E-state index in [2.05, 4.69) is 5.32 Å². The maximum absolute atomic E-state index is 12.5. The molecule has 0 saturated heterocycles. The molecule has 23 heavy (non-hydrogen) atoms. The highest BCUT2D eigenvalue weighted by atomic mass is 16.6. The Morgan fingerprint density at radius 3 is 2.39 bits per heavy atom. The number of nitro benzene ring substituents is 1. The Balaban J connectivity index is 2.36. The second-order valence-electron chi connectivity index (χ2n) is 5.20. The van der Waals surface area contributed by atoms with Gasteiger partial charge in [0.2, 0.25) is 0 Å². The fourth-order valence-electron chi connectivity index (χ4n) is 2.55. The number of non-ortho nitro benzene ring substituents is 1. The normalized spacial score (nSPS) is 16.4. The molecule has 2 rings (SSSR count). The van der Waals surface area contributed by atoms with Gasteiger partial charge in [-0.1, -0.05) is 6.07 Å². The lowest BCUT2D eigenvalue weighted by Gasteiger charge is -2.37. The van der Waals surface area contributed by atoms with Gasteiger partial charge in [-0.3, -0.25) is 19.7 Å². The number of hydrogen-bond acceptors (Lipinski definition) is 5. The molecule has 0 fully saturated rings. The summed E-state index contributed by atoms with van der Waals surface area (Å²) in [5.74, 6) is -0.720. The third kappa shape index (κ3) is 3.04. The molecule has 1 aliphatic carbocycles. The molecule has 0 aromatic heterocycles. The molecule has 0 atom stereocenters. The number of benzene rings is 1. The zero-order valence-electron chi connectivity index (χ0n) is 13.0. The molecular weight excluding hydrogens is 300 g/mol. The summed E-state index contributed by atoms with van der Waals surface area (Å²) in [6, 6.07) is 5.39. The van der Waals surface area contributed by atoms with E-state index in [1.165, 1.54) is 43.5 Å². The number of hydrogen-bond donors (Lipinski definition) is 1. The van der Waals surface area contributed by atoms with Gasteiger partial charge in [-0.15, -0.1) is 0 Å². The van der Waals surface area contributed by atoms with Crippen LogP contribution in [0.2, 0.25) is 0 Å². The standard InChI is InChI=1S/C16H16N2O5/c1-10-7-14(19)8-11(2)16(10,23-3)17-15(20)12-5-4-6-13(9-12)18(21)22/h4-9H,1-3H3,(H,17,20). The van der Waals surface area contributed by atoms with Crippen LogP contribution in [0.4, 0.5) is 5.69 Å². The minimum absolute atomic E-state index is 0.133. The van der Waals surface area contributed by atoms with Gasteiger partial charge in [-0.05, 0) is 43.2 Å². The van der Waals surface area contributed by atoms with Crippen LogP contribution in [-0.4, -0.2) is 29.4 Å². The van der Waals surface area contributed by atoms with E-state index in [0.29, 0.717) is 11.1 Å². The summed E-state index contributed by atoms with van der Waals surface area (Å²) in [6.07, 6.45) is 2.76. The molecule has 7 nitrogen and oxygen atoms in total. The van der Waals surface area contributed by atoms with Crippen molar-refractivity contribution in [1.29, 1.82) is 0 Å². The van der Waals surface area contributed by atoms with E-state index in [9.17, 15) is 19.7 Å². The van der Waals surface area contributed by atoms with Crippen molar-refractivity contribution in [2.45, 2.75) is 19.6 Å². The third-order valence-electron chi connectivity index (χ3n) is 3.74. The van der Waals surface area contributed by atoms with Crippen molar-refractivity contribution in [3.8, 4) is 0 Å². The highest BCUT2D eigenvalue weighted by Crippen LogP contribution is 2.30. The van der Waals surface area contributed by atoms with E-state index < -0.39 is 16.6 Å².